The van der Waals surface area contributed by atoms with E-state index < -0.39 is 11.7 Å². The molecule has 1 aliphatic rings. The summed E-state index contributed by atoms with van der Waals surface area (Å²) in [7, 11) is 0. The molecule has 0 aromatic heterocycles. The number of rotatable bonds is 3. The van der Waals surface area contributed by atoms with E-state index in [0.717, 1.165) is 37.8 Å². The van der Waals surface area contributed by atoms with Gasteiger partial charge in [-0.2, -0.15) is 13.2 Å². The average molecular weight is 300 g/mol. The Morgan fingerprint density at radius 2 is 1.90 bits per heavy atom. The molecule has 1 aromatic rings. The first-order chi connectivity index (χ1) is 9.93. The van der Waals surface area contributed by atoms with Gasteiger partial charge in [-0.3, -0.25) is 4.79 Å². The summed E-state index contributed by atoms with van der Waals surface area (Å²) in [6.45, 7) is 1.14. The molecule has 2 rings (SSSR count). The minimum absolute atomic E-state index is 0.0959. The van der Waals surface area contributed by atoms with Gasteiger partial charge in [0.25, 0.3) is 5.91 Å². The van der Waals surface area contributed by atoms with Crippen molar-refractivity contribution in [3.05, 3.63) is 35.4 Å². The molecule has 6 heteroatoms. The smallest absolute Gasteiger partial charge is 0.336 e. The summed E-state index contributed by atoms with van der Waals surface area (Å²) >= 11 is 0. The number of hydrogen-bond acceptors (Lipinski definition) is 2. The van der Waals surface area contributed by atoms with Crippen LogP contribution in [0.4, 0.5) is 13.2 Å². The molecule has 1 amide bonds. The average Bonchev–Trinajstić information content (AvgIpc) is 2.47. The highest BCUT2D eigenvalue weighted by Gasteiger charge is 2.31. The van der Waals surface area contributed by atoms with Gasteiger partial charge in [-0.15, -0.1) is 0 Å². The second-order valence-corrected chi connectivity index (χ2v) is 5.30. The number of nitrogens with zero attached hydrogens (tertiary/aromatic N) is 1. The minimum Gasteiger partial charge on any atom is -0.336 e. The van der Waals surface area contributed by atoms with Crippen molar-refractivity contribution in [2.24, 2.45) is 5.73 Å². The molecule has 1 unspecified atom stereocenters. The third-order valence-electron chi connectivity index (χ3n) is 3.85. The molecule has 1 saturated heterocycles. The Kier molecular flexibility index (Phi) is 4.88. The maximum absolute atomic E-state index is 12.5. The van der Waals surface area contributed by atoms with Crippen LogP contribution >= 0.6 is 0 Å². The normalized spacial score (nSPS) is 19.6. The monoisotopic (exact) mass is 300 g/mol. The molecular weight excluding hydrogens is 281 g/mol. The minimum atomic E-state index is -4.38. The fraction of sp³-hybridized carbons (Fsp3) is 0.533. The maximum atomic E-state index is 12.5. The molecule has 0 saturated carbocycles. The molecule has 0 bridgehead atoms. The summed E-state index contributed by atoms with van der Waals surface area (Å²) in [5.74, 6) is -0.207. The van der Waals surface area contributed by atoms with Crippen LogP contribution in [0.25, 0.3) is 0 Å². The summed E-state index contributed by atoms with van der Waals surface area (Å²) in [4.78, 5) is 14.2. The molecule has 1 aromatic carbocycles. The number of hydrogen-bond donors (Lipinski definition) is 1. The van der Waals surface area contributed by atoms with Gasteiger partial charge in [0.2, 0.25) is 0 Å². The first kappa shape index (κ1) is 15.8. The van der Waals surface area contributed by atoms with Crippen LogP contribution < -0.4 is 5.73 Å². The molecular formula is C15H19F3N2O. The van der Waals surface area contributed by atoms with Crippen molar-refractivity contribution >= 4 is 5.91 Å². The van der Waals surface area contributed by atoms with Crippen molar-refractivity contribution in [3.63, 3.8) is 0 Å². The lowest BCUT2D eigenvalue weighted by atomic mass is 9.98. The van der Waals surface area contributed by atoms with Crippen LogP contribution in [0.3, 0.4) is 0 Å². The van der Waals surface area contributed by atoms with Gasteiger partial charge < -0.3 is 10.6 Å². The van der Waals surface area contributed by atoms with E-state index in [1.807, 2.05) is 0 Å². The lowest BCUT2D eigenvalue weighted by Crippen LogP contribution is -2.44. The topological polar surface area (TPSA) is 46.3 Å². The molecule has 1 heterocycles. The zero-order valence-electron chi connectivity index (χ0n) is 11.7. The van der Waals surface area contributed by atoms with E-state index in [1.165, 1.54) is 12.1 Å². The Labute approximate surface area is 121 Å². The van der Waals surface area contributed by atoms with Crippen LogP contribution in [-0.4, -0.2) is 29.9 Å². The van der Waals surface area contributed by atoms with Crippen molar-refractivity contribution in [2.75, 3.05) is 13.1 Å². The van der Waals surface area contributed by atoms with E-state index in [0.29, 0.717) is 18.7 Å². The molecule has 1 fully saturated rings. The molecule has 21 heavy (non-hydrogen) atoms. The molecule has 2 N–H and O–H groups in total. The summed E-state index contributed by atoms with van der Waals surface area (Å²) in [6.07, 6.45) is -0.764. The fourth-order valence-electron chi connectivity index (χ4n) is 2.73. The predicted octanol–water partition coefficient (Wildman–Crippen LogP) is 3.05. The van der Waals surface area contributed by atoms with Gasteiger partial charge in [0.1, 0.15) is 0 Å². The number of nitrogens with two attached hydrogens (primary N) is 1. The van der Waals surface area contributed by atoms with Gasteiger partial charge in [0, 0.05) is 18.2 Å². The van der Waals surface area contributed by atoms with Gasteiger partial charge in [0.15, 0.2) is 0 Å². The predicted molar refractivity (Wildman–Crippen MR) is 73.8 cm³/mol. The number of piperidine rings is 1. The molecule has 0 radical (unpaired) electrons. The fourth-order valence-corrected chi connectivity index (χ4v) is 2.73. The summed E-state index contributed by atoms with van der Waals surface area (Å²) < 4.78 is 37.6. The number of amides is 1. The van der Waals surface area contributed by atoms with Crippen LogP contribution in [0.2, 0.25) is 0 Å². The Balaban J connectivity index is 2.14. The lowest BCUT2D eigenvalue weighted by Gasteiger charge is -2.35. The quantitative estimate of drug-likeness (QED) is 0.932. The standard InChI is InChI=1S/C15H19F3N2O/c16-15(17,18)12-6-4-11(5-7-12)14(21)20-10-2-1-3-13(20)8-9-19/h4-7,13H,1-3,8-10,19H2. The maximum Gasteiger partial charge on any atom is 0.416 e. The molecule has 116 valence electrons. The Morgan fingerprint density at radius 3 is 2.48 bits per heavy atom. The van der Waals surface area contributed by atoms with E-state index in [9.17, 15) is 18.0 Å². The van der Waals surface area contributed by atoms with Crippen molar-refractivity contribution in [2.45, 2.75) is 37.9 Å². The van der Waals surface area contributed by atoms with Crippen LogP contribution in [0, 0.1) is 0 Å². The van der Waals surface area contributed by atoms with E-state index in [2.05, 4.69) is 0 Å². The highest BCUT2D eigenvalue weighted by atomic mass is 19.4. The van der Waals surface area contributed by atoms with Gasteiger partial charge in [-0.1, -0.05) is 0 Å². The number of alkyl halides is 3. The molecule has 0 aliphatic carbocycles. The van der Waals surface area contributed by atoms with E-state index in [-0.39, 0.29) is 11.9 Å². The number of likely N-dealkylation sites (tertiary alicyclic amines) is 1. The first-order valence-electron chi connectivity index (χ1n) is 7.12. The third kappa shape index (κ3) is 3.75. The van der Waals surface area contributed by atoms with Gasteiger partial charge in [-0.05, 0) is 56.5 Å². The number of benzene rings is 1. The summed E-state index contributed by atoms with van der Waals surface area (Å²) in [5, 5.41) is 0. The Hall–Kier alpha value is -1.56. The van der Waals surface area contributed by atoms with Crippen molar-refractivity contribution in [1.29, 1.82) is 0 Å². The zero-order chi connectivity index (χ0) is 15.5. The van der Waals surface area contributed by atoms with E-state index in [1.54, 1.807) is 4.90 Å². The molecule has 3 nitrogen and oxygen atoms in total. The van der Waals surface area contributed by atoms with Crippen LogP contribution in [0.1, 0.15) is 41.6 Å². The number of halogens is 3. The van der Waals surface area contributed by atoms with Gasteiger partial charge in [-0.25, -0.2) is 0 Å². The van der Waals surface area contributed by atoms with E-state index >= 15 is 0 Å². The summed E-state index contributed by atoms with van der Waals surface area (Å²) in [6, 6.07) is 4.50. The van der Waals surface area contributed by atoms with Crippen LogP contribution in [-0.2, 0) is 6.18 Å². The second kappa shape index (κ2) is 6.47. The van der Waals surface area contributed by atoms with Crippen molar-refractivity contribution < 1.29 is 18.0 Å². The zero-order valence-corrected chi connectivity index (χ0v) is 11.7. The highest BCUT2D eigenvalue weighted by molar-refractivity contribution is 5.94. The lowest BCUT2D eigenvalue weighted by molar-refractivity contribution is -0.137. The van der Waals surface area contributed by atoms with Crippen molar-refractivity contribution in [1.82, 2.24) is 4.90 Å². The molecule has 0 spiro atoms. The van der Waals surface area contributed by atoms with Gasteiger partial charge in [0.05, 0.1) is 5.56 Å². The Bertz CT molecular complexity index is 483. The number of carbonyl (C=O) groups excluding carboxylic acids is 1. The first-order valence-corrected chi connectivity index (χ1v) is 7.12. The van der Waals surface area contributed by atoms with Gasteiger partial charge >= 0.3 is 6.18 Å². The molecule has 1 atom stereocenters. The third-order valence-corrected chi connectivity index (χ3v) is 3.85. The largest absolute Gasteiger partial charge is 0.416 e. The highest BCUT2D eigenvalue weighted by Crippen LogP contribution is 2.29. The van der Waals surface area contributed by atoms with Crippen molar-refractivity contribution in [3.8, 4) is 0 Å². The van der Waals surface area contributed by atoms with Crippen LogP contribution in [0.15, 0.2) is 24.3 Å². The van der Waals surface area contributed by atoms with Crippen LogP contribution in [0.5, 0.6) is 0 Å². The SMILES string of the molecule is NCCC1CCCCN1C(=O)c1ccc(C(F)(F)F)cc1. The number of carbonyl (C=O) groups is 1. The van der Waals surface area contributed by atoms with E-state index in [4.69, 9.17) is 5.73 Å². The molecule has 1 aliphatic heterocycles. The summed E-state index contributed by atoms with van der Waals surface area (Å²) in [5.41, 5.74) is 5.12. The second-order valence-electron chi connectivity index (χ2n) is 5.30. The Morgan fingerprint density at radius 1 is 1.24 bits per heavy atom.